The van der Waals surface area contributed by atoms with E-state index >= 15 is 0 Å². The lowest BCUT2D eigenvalue weighted by Gasteiger charge is -2.31. The van der Waals surface area contributed by atoms with Crippen molar-refractivity contribution in [3.8, 4) is 0 Å². The van der Waals surface area contributed by atoms with Gasteiger partial charge in [-0.3, -0.25) is 4.79 Å². The highest BCUT2D eigenvalue weighted by atomic mass is 79.9. The maximum Gasteiger partial charge on any atom is 0.276 e. The van der Waals surface area contributed by atoms with Crippen molar-refractivity contribution in [2.45, 2.75) is 25.5 Å². The largest absolute Gasteiger partial charge is 0.399 e. The number of amides is 1. The molecule has 2 aromatic rings. The molecule has 24 heavy (non-hydrogen) atoms. The van der Waals surface area contributed by atoms with E-state index in [2.05, 4.69) is 21.0 Å². The van der Waals surface area contributed by atoms with E-state index in [9.17, 15) is 9.90 Å². The molecule has 1 heterocycles. The molecule has 1 aliphatic rings. The summed E-state index contributed by atoms with van der Waals surface area (Å²) >= 11 is 3.38. The lowest BCUT2D eigenvalue weighted by Crippen LogP contribution is -2.43. The summed E-state index contributed by atoms with van der Waals surface area (Å²) < 4.78 is 0.904. The van der Waals surface area contributed by atoms with Crippen LogP contribution in [0.15, 0.2) is 58.1 Å². The first-order chi connectivity index (χ1) is 11.4. The van der Waals surface area contributed by atoms with Crippen LogP contribution in [0, 0.1) is 0 Å². The van der Waals surface area contributed by atoms with Crippen molar-refractivity contribution in [3.63, 3.8) is 0 Å². The van der Waals surface area contributed by atoms with Crippen LogP contribution in [0.2, 0.25) is 0 Å². The Balaban J connectivity index is 2.01. The van der Waals surface area contributed by atoms with Crippen molar-refractivity contribution in [2.24, 2.45) is 5.10 Å². The fourth-order valence-electron chi connectivity index (χ4n) is 2.72. The number of hydrogen-bond acceptors (Lipinski definition) is 4. The molecule has 1 aliphatic heterocycles. The molecule has 5 nitrogen and oxygen atoms in total. The zero-order valence-electron chi connectivity index (χ0n) is 13.2. The van der Waals surface area contributed by atoms with Gasteiger partial charge in [0.2, 0.25) is 0 Å². The van der Waals surface area contributed by atoms with E-state index in [1.54, 1.807) is 36.4 Å². The third-order valence-electron chi connectivity index (χ3n) is 4.11. The van der Waals surface area contributed by atoms with Gasteiger partial charge in [0.1, 0.15) is 0 Å². The smallest absolute Gasteiger partial charge is 0.276 e. The van der Waals surface area contributed by atoms with Crippen LogP contribution in [0.3, 0.4) is 0 Å². The minimum absolute atomic E-state index is 0.297. The number of aliphatic hydroxyl groups is 1. The molecule has 0 bridgehead atoms. The molecule has 1 unspecified atom stereocenters. The zero-order valence-corrected chi connectivity index (χ0v) is 14.8. The van der Waals surface area contributed by atoms with Crippen LogP contribution in [0.5, 0.6) is 0 Å². The normalized spacial score (nSPS) is 20.1. The summed E-state index contributed by atoms with van der Waals surface area (Å²) in [5.74, 6) is -0.358. The van der Waals surface area contributed by atoms with Crippen LogP contribution in [0.4, 0.5) is 5.69 Å². The molecule has 1 atom stereocenters. The van der Waals surface area contributed by atoms with E-state index in [4.69, 9.17) is 5.73 Å². The topological polar surface area (TPSA) is 78.9 Å². The number of nitrogen functional groups attached to an aromatic ring is 1. The van der Waals surface area contributed by atoms with Gasteiger partial charge < -0.3 is 10.8 Å². The fourth-order valence-corrected chi connectivity index (χ4v) is 2.98. The molecular formula is C18H18BrN3O2. The highest BCUT2D eigenvalue weighted by Crippen LogP contribution is 2.37. The number of carbonyl (C=O) groups is 1. The minimum Gasteiger partial charge on any atom is -0.399 e. The Morgan fingerprint density at radius 2 is 1.88 bits per heavy atom. The van der Waals surface area contributed by atoms with Crippen molar-refractivity contribution >= 4 is 33.2 Å². The summed E-state index contributed by atoms with van der Waals surface area (Å²) in [5.41, 5.74) is 6.61. The van der Waals surface area contributed by atoms with Crippen LogP contribution in [0.1, 0.15) is 35.7 Å². The van der Waals surface area contributed by atoms with Crippen LogP contribution < -0.4 is 5.73 Å². The van der Waals surface area contributed by atoms with Gasteiger partial charge in [-0.1, -0.05) is 35.0 Å². The SMILES string of the molecule is CCC1=NN(C(=O)c2ccc(N)cc2)C(O)(c2ccc(Br)cc2)C1. The summed E-state index contributed by atoms with van der Waals surface area (Å²) in [7, 11) is 0. The lowest BCUT2D eigenvalue weighted by molar-refractivity contribution is -0.0765. The Labute approximate surface area is 148 Å². The van der Waals surface area contributed by atoms with E-state index in [1.165, 1.54) is 5.01 Å². The lowest BCUT2D eigenvalue weighted by atomic mass is 9.96. The number of benzene rings is 2. The Bertz CT molecular complexity index is 787. The van der Waals surface area contributed by atoms with Gasteiger partial charge in [-0.2, -0.15) is 10.1 Å². The molecular weight excluding hydrogens is 370 g/mol. The summed E-state index contributed by atoms with van der Waals surface area (Å²) in [4.78, 5) is 12.9. The van der Waals surface area contributed by atoms with Crippen LogP contribution in [0.25, 0.3) is 0 Å². The molecule has 0 spiro atoms. The molecule has 0 saturated heterocycles. The van der Waals surface area contributed by atoms with Crippen molar-refractivity contribution in [2.75, 3.05) is 5.73 Å². The molecule has 2 aromatic carbocycles. The van der Waals surface area contributed by atoms with Gasteiger partial charge in [0, 0.05) is 33.4 Å². The van der Waals surface area contributed by atoms with Gasteiger partial charge in [0.25, 0.3) is 5.91 Å². The highest BCUT2D eigenvalue weighted by Gasteiger charge is 2.45. The van der Waals surface area contributed by atoms with E-state index in [0.29, 0.717) is 29.7 Å². The Kier molecular flexibility index (Phi) is 4.43. The van der Waals surface area contributed by atoms with Crippen LogP contribution >= 0.6 is 15.9 Å². The first kappa shape index (κ1) is 16.7. The average molecular weight is 388 g/mol. The fraction of sp³-hybridized carbons (Fsp3) is 0.222. The van der Waals surface area contributed by atoms with Crippen molar-refractivity contribution in [1.82, 2.24) is 5.01 Å². The van der Waals surface area contributed by atoms with Crippen molar-refractivity contribution in [1.29, 1.82) is 0 Å². The third-order valence-corrected chi connectivity index (χ3v) is 4.64. The summed E-state index contributed by atoms with van der Waals surface area (Å²) in [6, 6.07) is 13.9. The molecule has 0 saturated carbocycles. The maximum atomic E-state index is 12.9. The predicted molar refractivity (Wildman–Crippen MR) is 97.4 cm³/mol. The number of anilines is 1. The number of halogens is 1. The maximum absolute atomic E-state index is 12.9. The predicted octanol–water partition coefficient (Wildman–Crippen LogP) is 3.49. The van der Waals surface area contributed by atoms with Crippen molar-refractivity contribution < 1.29 is 9.90 Å². The number of rotatable bonds is 3. The summed E-state index contributed by atoms with van der Waals surface area (Å²) in [6.07, 6.45) is 0.968. The second-order valence-corrected chi connectivity index (χ2v) is 6.67. The van der Waals surface area contributed by atoms with Crippen LogP contribution in [-0.4, -0.2) is 21.7 Å². The van der Waals surface area contributed by atoms with Gasteiger partial charge in [-0.15, -0.1) is 0 Å². The second kappa shape index (κ2) is 6.37. The number of nitrogens with zero attached hydrogens (tertiary/aromatic N) is 2. The number of nitrogens with two attached hydrogens (primary N) is 1. The minimum atomic E-state index is -1.48. The number of hydrazone groups is 1. The average Bonchev–Trinajstić information content (AvgIpc) is 2.93. The van der Waals surface area contributed by atoms with E-state index in [-0.39, 0.29) is 5.91 Å². The monoisotopic (exact) mass is 387 g/mol. The number of carbonyl (C=O) groups excluding carboxylic acids is 1. The first-order valence-electron chi connectivity index (χ1n) is 7.69. The molecule has 0 aromatic heterocycles. The van der Waals surface area contributed by atoms with E-state index < -0.39 is 5.72 Å². The van der Waals surface area contributed by atoms with Crippen LogP contribution in [-0.2, 0) is 5.72 Å². The molecule has 3 rings (SSSR count). The molecule has 3 N–H and O–H groups in total. The van der Waals surface area contributed by atoms with E-state index in [1.807, 2.05) is 19.1 Å². The molecule has 124 valence electrons. The van der Waals surface area contributed by atoms with E-state index in [0.717, 1.165) is 10.2 Å². The van der Waals surface area contributed by atoms with Gasteiger partial charge in [-0.05, 0) is 42.8 Å². The Morgan fingerprint density at radius 3 is 2.46 bits per heavy atom. The van der Waals surface area contributed by atoms with Gasteiger partial charge in [0.05, 0.1) is 0 Å². The molecule has 1 amide bonds. The van der Waals surface area contributed by atoms with Gasteiger partial charge in [0.15, 0.2) is 5.72 Å². The summed E-state index contributed by atoms with van der Waals surface area (Å²) in [6.45, 7) is 1.96. The zero-order chi connectivity index (χ0) is 17.3. The van der Waals surface area contributed by atoms with Gasteiger partial charge >= 0.3 is 0 Å². The first-order valence-corrected chi connectivity index (χ1v) is 8.48. The highest BCUT2D eigenvalue weighted by molar-refractivity contribution is 9.10. The standard InChI is InChI=1S/C18H18BrN3O2/c1-2-16-11-18(24,13-5-7-14(19)8-6-13)22(21-16)17(23)12-3-9-15(20)10-4-12/h3-10,24H,2,11,20H2,1H3. The van der Waals surface area contributed by atoms with Gasteiger partial charge in [-0.25, -0.2) is 0 Å². The Hall–Kier alpha value is -2.18. The quantitative estimate of drug-likeness (QED) is 0.791. The molecule has 0 radical (unpaired) electrons. The van der Waals surface area contributed by atoms with Crippen molar-refractivity contribution in [3.05, 3.63) is 64.1 Å². The third kappa shape index (κ3) is 2.95. The molecule has 6 heteroatoms. The molecule has 0 aliphatic carbocycles. The second-order valence-electron chi connectivity index (χ2n) is 5.76. The number of hydrogen-bond donors (Lipinski definition) is 2. The summed E-state index contributed by atoms with van der Waals surface area (Å²) in [5, 5.41) is 16.8. The molecule has 0 fully saturated rings. The Morgan fingerprint density at radius 1 is 1.25 bits per heavy atom.